The Morgan fingerprint density at radius 2 is 2.35 bits per heavy atom. The Morgan fingerprint density at radius 3 is 3.05 bits per heavy atom. The van der Waals surface area contributed by atoms with Crippen molar-refractivity contribution in [1.29, 1.82) is 5.26 Å². The molecule has 0 fully saturated rings. The molecule has 1 amide bonds. The molecule has 0 saturated heterocycles. The van der Waals surface area contributed by atoms with Crippen molar-refractivity contribution in [3.05, 3.63) is 44.9 Å². The number of anilines is 1. The Labute approximate surface area is 125 Å². The molecule has 1 aromatic heterocycles. The van der Waals surface area contributed by atoms with Gasteiger partial charge < -0.3 is 11.1 Å². The summed E-state index contributed by atoms with van der Waals surface area (Å²) < 4.78 is 0. The summed E-state index contributed by atoms with van der Waals surface area (Å²) in [6, 6.07) is 6.66. The molecule has 0 atom stereocenters. The number of aromatic nitrogens is 1. The lowest BCUT2D eigenvalue weighted by atomic mass is 10.2. The van der Waals surface area contributed by atoms with Crippen LogP contribution in [0.15, 0.2) is 23.6 Å². The van der Waals surface area contributed by atoms with E-state index in [1.165, 1.54) is 17.4 Å². The molecule has 0 aliphatic rings. The predicted octanol–water partition coefficient (Wildman–Crippen LogP) is 2.42. The summed E-state index contributed by atoms with van der Waals surface area (Å²) in [5.41, 5.74) is 6.57. The molecule has 0 radical (unpaired) electrons. The quantitative estimate of drug-likeness (QED) is 0.907. The van der Waals surface area contributed by atoms with Crippen molar-refractivity contribution in [1.82, 2.24) is 4.98 Å². The van der Waals surface area contributed by atoms with Gasteiger partial charge in [-0.15, -0.1) is 11.3 Å². The van der Waals surface area contributed by atoms with Crippen LogP contribution in [0.3, 0.4) is 0 Å². The number of nitrogens with one attached hydrogen (secondary N) is 1. The number of nitriles is 1. The van der Waals surface area contributed by atoms with Crippen LogP contribution in [-0.4, -0.2) is 17.4 Å². The number of nitrogens with zero attached hydrogens (tertiary/aromatic N) is 2. The summed E-state index contributed by atoms with van der Waals surface area (Å²) in [4.78, 5) is 16.2. The number of halogens is 1. The molecule has 2 aromatic rings. The third kappa shape index (κ3) is 3.33. The number of carbonyl (C=O) groups excluding carboxylic acids is 1. The minimum Gasteiger partial charge on any atom is -0.330 e. The smallest absolute Gasteiger partial charge is 0.275 e. The highest BCUT2D eigenvalue weighted by molar-refractivity contribution is 7.09. The first-order chi connectivity index (χ1) is 9.63. The minimum atomic E-state index is -0.360. The average molecular weight is 307 g/mol. The van der Waals surface area contributed by atoms with Crippen molar-refractivity contribution < 1.29 is 4.79 Å². The van der Waals surface area contributed by atoms with E-state index in [4.69, 9.17) is 22.6 Å². The summed E-state index contributed by atoms with van der Waals surface area (Å²) in [6.07, 6.45) is 0.641. The van der Waals surface area contributed by atoms with E-state index in [1.54, 1.807) is 17.5 Å². The normalized spacial score (nSPS) is 10.1. The zero-order valence-electron chi connectivity index (χ0n) is 10.4. The molecule has 5 nitrogen and oxygen atoms in total. The minimum absolute atomic E-state index is 0.317. The highest BCUT2D eigenvalue weighted by Crippen LogP contribution is 2.23. The summed E-state index contributed by atoms with van der Waals surface area (Å²) >= 11 is 7.37. The van der Waals surface area contributed by atoms with E-state index in [0.717, 1.165) is 5.01 Å². The molecule has 7 heteroatoms. The van der Waals surface area contributed by atoms with E-state index in [2.05, 4.69) is 10.3 Å². The lowest BCUT2D eigenvalue weighted by Crippen LogP contribution is -2.13. The van der Waals surface area contributed by atoms with Gasteiger partial charge in [0.1, 0.15) is 5.69 Å². The maximum absolute atomic E-state index is 12.0. The first kappa shape index (κ1) is 14.5. The van der Waals surface area contributed by atoms with Crippen molar-refractivity contribution >= 4 is 34.5 Å². The Kier molecular flexibility index (Phi) is 4.69. The third-order valence-electron chi connectivity index (χ3n) is 2.49. The highest BCUT2D eigenvalue weighted by Gasteiger charge is 2.12. The third-order valence-corrected chi connectivity index (χ3v) is 3.72. The molecule has 1 aromatic carbocycles. The molecule has 0 bridgehead atoms. The number of thiazole rings is 1. The average Bonchev–Trinajstić information content (AvgIpc) is 2.90. The predicted molar refractivity (Wildman–Crippen MR) is 79.0 cm³/mol. The van der Waals surface area contributed by atoms with Crippen LogP contribution in [0, 0.1) is 11.3 Å². The monoisotopic (exact) mass is 306 g/mol. The number of hydrogen-bond donors (Lipinski definition) is 2. The largest absolute Gasteiger partial charge is 0.330 e. The second kappa shape index (κ2) is 6.48. The SMILES string of the molecule is N#Cc1ccc(Cl)c(NC(=O)c2csc(CCN)n2)c1. The second-order valence-electron chi connectivity index (χ2n) is 3.93. The first-order valence-corrected chi connectivity index (χ1v) is 7.05. The molecule has 1 heterocycles. The maximum Gasteiger partial charge on any atom is 0.275 e. The molecular formula is C13H11ClN4OS. The van der Waals surface area contributed by atoms with E-state index >= 15 is 0 Å². The summed E-state index contributed by atoms with van der Waals surface area (Å²) in [5.74, 6) is -0.360. The van der Waals surface area contributed by atoms with Gasteiger partial charge in [-0.3, -0.25) is 4.79 Å². The van der Waals surface area contributed by atoms with Crippen molar-refractivity contribution in [2.24, 2.45) is 5.73 Å². The van der Waals surface area contributed by atoms with Gasteiger partial charge in [0.2, 0.25) is 0 Å². The number of nitrogens with two attached hydrogens (primary N) is 1. The topological polar surface area (TPSA) is 91.8 Å². The van der Waals surface area contributed by atoms with Gasteiger partial charge >= 0.3 is 0 Å². The van der Waals surface area contributed by atoms with Crippen molar-refractivity contribution in [2.75, 3.05) is 11.9 Å². The fourth-order valence-electron chi connectivity index (χ4n) is 1.53. The second-order valence-corrected chi connectivity index (χ2v) is 5.28. The molecule has 102 valence electrons. The van der Waals surface area contributed by atoms with E-state index in [0.29, 0.717) is 34.9 Å². The van der Waals surface area contributed by atoms with Crippen LogP contribution < -0.4 is 11.1 Å². The van der Waals surface area contributed by atoms with Gasteiger partial charge in [0.25, 0.3) is 5.91 Å². The van der Waals surface area contributed by atoms with E-state index in [9.17, 15) is 4.79 Å². The number of hydrogen-bond acceptors (Lipinski definition) is 5. The summed E-state index contributed by atoms with van der Waals surface area (Å²) in [5, 5.41) is 14.3. The molecule has 0 spiro atoms. The number of rotatable bonds is 4. The Morgan fingerprint density at radius 1 is 1.55 bits per heavy atom. The van der Waals surface area contributed by atoms with Gasteiger partial charge in [0.15, 0.2) is 0 Å². The zero-order valence-corrected chi connectivity index (χ0v) is 12.0. The summed E-state index contributed by atoms with van der Waals surface area (Å²) in [6.45, 7) is 0.491. The van der Waals surface area contributed by atoms with Crippen molar-refractivity contribution in [2.45, 2.75) is 6.42 Å². The van der Waals surface area contributed by atoms with Gasteiger partial charge in [-0.25, -0.2) is 4.98 Å². The van der Waals surface area contributed by atoms with Gasteiger partial charge in [0, 0.05) is 11.8 Å². The number of amides is 1. The van der Waals surface area contributed by atoms with Gasteiger partial charge in [-0.05, 0) is 24.7 Å². The standard InChI is InChI=1S/C13H11ClN4OS/c14-9-2-1-8(6-16)5-10(9)18-13(19)11-7-20-12(17-11)3-4-15/h1-2,5,7H,3-4,15H2,(H,18,19). The fraction of sp³-hybridized carbons (Fsp3) is 0.154. The molecule has 0 saturated carbocycles. The highest BCUT2D eigenvalue weighted by atomic mass is 35.5. The lowest BCUT2D eigenvalue weighted by molar-refractivity contribution is 0.102. The lowest BCUT2D eigenvalue weighted by Gasteiger charge is -2.05. The van der Waals surface area contributed by atoms with Gasteiger partial charge in [-0.1, -0.05) is 11.6 Å². The molecule has 20 heavy (non-hydrogen) atoms. The molecule has 0 aliphatic carbocycles. The molecule has 0 aliphatic heterocycles. The first-order valence-electron chi connectivity index (χ1n) is 5.79. The molecule has 0 unspecified atom stereocenters. The van der Waals surface area contributed by atoms with E-state index in [1.807, 2.05) is 6.07 Å². The Hall–Kier alpha value is -1.94. The molecule has 3 N–H and O–H groups in total. The van der Waals surface area contributed by atoms with Crippen LogP contribution in [0.1, 0.15) is 21.1 Å². The van der Waals surface area contributed by atoms with Crippen LogP contribution in [0.4, 0.5) is 5.69 Å². The summed E-state index contributed by atoms with van der Waals surface area (Å²) in [7, 11) is 0. The molecular weight excluding hydrogens is 296 g/mol. The zero-order chi connectivity index (χ0) is 14.5. The van der Waals surface area contributed by atoms with Crippen molar-refractivity contribution in [3.8, 4) is 6.07 Å². The van der Waals surface area contributed by atoms with Crippen LogP contribution in [0.2, 0.25) is 5.02 Å². The van der Waals surface area contributed by atoms with E-state index < -0.39 is 0 Å². The van der Waals surface area contributed by atoms with E-state index in [-0.39, 0.29) is 5.91 Å². The molecule has 2 rings (SSSR count). The van der Waals surface area contributed by atoms with Crippen LogP contribution >= 0.6 is 22.9 Å². The Bertz CT molecular complexity index is 677. The Balaban J connectivity index is 2.16. The van der Waals surface area contributed by atoms with Crippen LogP contribution in [-0.2, 0) is 6.42 Å². The number of carbonyl (C=O) groups is 1. The van der Waals surface area contributed by atoms with Gasteiger partial charge in [-0.2, -0.15) is 5.26 Å². The fourth-order valence-corrected chi connectivity index (χ4v) is 2.49. The maximum atomic E-state index is 12.0. The van der Waals surface area contributed by atoms with Gasteiger partial charge in [0.05, 0.1) is 27.4 Å². The van der Waals surface area contributed by atoms with Crippen LogP contribution in [0.25, 0.3) is 0 Å². The number of benzene rings is 1. The van der Waals surface area contributed by atoms with Crippen molar-refractivity contribution in [3.63, 3.8) is 0 Å². The van der Waals surface area contributed by atoms with Crippen LogP contribution in [0.5, 0.6) is 0 Å².